The lowest BCUT2D eigenvalue weighted by Crippen LogP contribution is -2.49. The van der Waals surface area contributed by atoms with Crippen molar-refractivity contribution in [2.45, 2.75) is 64.9 Å². The SMILES string of the molecule is CO[C@H]1CC[C@@]2(C)C(=CCC3C2CC[C@]2(C)C(c4cccnc4)=CCC32)C1. The minimum Gasteiger partial charge on any atom is -0.381 e. The van der Waals surface area contributed by atoms with E-state index < -0.39 is 0 Å². The summed E-state index contributed by atoms with van der Waals surface area (Å²) in [6.45, 7) is 5.12. The summed E-state index contributed by atoms with van der Waals surface area (Å²) in [5.41, 5.74) is 5.37. The predicted octanol–water partition coefficient (Wildman–Crippen LogP) is 6.05. The molecule has 1 aromatic heterocycles. The van der Waals surface area contributed by atoms with Crippen LogP contribution in [0.25, 0.3) is 5.57 Å². The largest absolute Gasteiger partial charge is 0.381 e. The fraction of sp³-hybridized carbons (Fsp3) is 0.640. The molecule has 27 heavy (non-hydrogen) atoms. The van der Waals surface area contributed by atoms with Crippen LogP contribution in [0, 0.1) is 28.6 Å². The summed E-state index contributed by atoms with van der Waals surface area (Å²) < 4.78 is 5.71. The van der Waals surface area contributed by atoms with Gasteiger partial charge in [-0.15, -0.1) is 0 Å². The highest BCUT2D eigenvalue weighted by molar-refractivity contribution is 5.72. The van der Waals surface area contributed by atoms with Crippen molar-refractivity contribution in [1.29, 1.82) is 0 Å². The van der Waals surface area contributed by atoms with Gasteiger partial charge in [-0.25, -0.2) is 0 Å². The monoisotopic (exact) mass is 363 g/mol. The molecular formula is C25H33NO. The third-order valence-electron chi connectivity index (χ3n) is 8.95. The fourth-order valence-corrected chi connectivity index (χ4v) is 7.37. The first-order chi connectivity index (χ1) is 13.1. The van der Waals surface area contributed by atoms with Gasteiger partial charge in [0.15, 0.2) is 0 Å². The van der Waals surface area contributed by atoms with E-state index in [1.165, 1.54) is 44.1 Å². The molecule has 4 aliphatic carbocycles. The fourth-order valence-electron chi connectivity index (χ4n) is 7.37. The predicted molar refractivity (Wildman–Crippen MR) is 110 cm³/mol. The number of rotatable bonds is 2. The standard InChI is InChI=1S/C25H33NO/c1-24-12-10-19(27-3)15-18(24)6-7-20-22-9-8-21(17-5-4-14-26-16-17)25(22,2)13-11-23(20)24/h4-6,8,14,16,19-20,22-23H,7,9-13,15H2,1-3H3/t19-,20?,22?,23?,24-,25+/m0/s1. The van der Waals surface area contributed by atoms with E-state index in [0.717, 1.165) is 24.2 Å². The Balaban J connectivity index is 1.45. The number of ether oxygens (including phenoxy) is 1. The van der Waals surface area contributed by atoms with Crippen molar-refractivity contribution in [3.05, 3.63) is 47.8 Å². The third-order valence-corrected chi connectivity index (χ3v) is 8.95. The molecule has 6 atom stereocenters. The van der Waals surface area contributed by atoms with Crippen LogP contribution >= 0.6 is 0 Å². The lowest BCUT2D eigenvalue weighted by atomic mass is 9.47. The van der Waals surface area contributed by atoms with Crippen molar-refractivity contribution in [2.24, 2.45) is 28.6 Å². The molecule has 0 aliphatic heterocycles. The zero-order valence-corrected chi connectivity index (χ0v) is 17.1. The molecule has 0 bridgehead atoms. The summed E-state index contributed by atoms with van der Waals surface area (Å²) in [5, 5.41) is 0. The van der Waals surface area contributed by atoms with Gasteiger partial charge in [0.1, 0.15) is 0 Å². The highest BCUT2D eigenvalue weighted by Gasteiger charge is 2.56. The first-order valence-corrected chi connectivity index (χ1v) is 10.9. The molecule has 3 unspecified atom stereocenters. The number of hydrogen-bond acceptors (Lipinski definition) is 2. The van der Waals surface area contributed by atoms with E-state index in [2.05, 4.69) is 49.3 Å². The van der Waals surface area contributed by atoms with Crippen molar-refractivity contribution in [3.63, 3.8) is 0 Å². The van der Waals surface area contributed by atoms with E-state index in [9.17, 15) is 0 Å². The van der Waals surface area contributed by atoms with Gasteiger partial charge in [-0.05, 0) is 90.7 Å². The average molecular weight is 364 g/mol. The highest BCUT2D eigenvalue weighted by Crippen LogP contribution is 2.66. The summed E-state index contributed by atoms with van der Waals surface area (Å²) in [6.07, 6.45) is 18.5. The normalized spacial score (nSPS) is 43.2. The molecule has 144 valence electrons. The smallest absolute Gasteiger partial charge is 0.0608 e. The van der Waals surface area contributed by atoms with Gasteiger partial charge in [-0.3, -0.25) is 4.98 Å². The van der Waals surface area contributed by atoms with Gasteiger partial charge < -0.3 is 4.74 Å². The number of methoxy groups -OCH3 is 1. The zero-order valence-electron chi connectivity index (χ0n) is 17.1. The first kappa shape index (κ1) is 17.7. The number of allylic oxidation sites excluding steroid dienone is 3. The van der Waals surface area contributed by atoms with Gasteiger partial charge in [0.25, 0.3) is 0 Å². The molecule has 1 heterocycles. The second-order valence-corrected chi connectivity index (χ2v) is 9.91. The van der Waals surface area contributed by atoms with Gasteiger partial charge in [0.2, 0.25) is 0 Å². The van der Waals surface area contributed by atoms with Crippen LogP contribution in [-0.4, -0.2) is 18.2 Å². The summed E-state index contributed by atoms with van der Waals surface area (Å²) >= 11 is 0. The van der Waals surface area contributed by atoms with Crippen molar-refractivity contribution < 1.29 is 4.74 Å². The van der Waals surface area contributed by atoms with Crippen LogP contribution in [0.3, 0.4) is 0 Å². The van der Waals surface area contributed by atoms with Crippen LogP contribution in [0.1, 0.15) is 64.4 Å². The molecule has 1 aromatic rings. The third kappa shape index (κ3) is 2.52. The Bertz CT molecular complexity index is 781. The Labute approximate surface area is 164 Å². The Morgan fingerprint density at radius 3 is 2.67 bits per heavy atom. The minimum absolute atomic E-state index is 0.329. The Morgan fingerprint density at radius 1 is 1.04 bits per heavy atom. The molecule has 0 amide bonds. The molecule has 0 saturated heterocycles. The number of hydrogen-bond donors (Lipinski definition) is 0. The maximum atomic E-state index is 5.71. The molecule has 2 nitrogen and oxygen atoms in total. The van der Waals surface area contributed by atoms with Crippen LogP contribution in [0.4, 0.5) is 0 Å². The highest BCUT2D eigenvalue weighted by atomic mass is 16.5. The lowest BCUT2D eigenvalue weighted by molar-refractivity contribution is -0.0301. The van der Waals surface area contributed by atoms with Crippen molar-refractivity contribution in [2.75, 3.05) is 7.11 Å². The summed E-state index contributed by atoms with van der Waals surface area (Å²) in [7, 11) is 1.88. The van der Waals surface area contributed by atoms with Crippen LogP contribution < -0.4 is 0 Å². The lowest BCUT2D eigenvalue weighted by Gasteiger charge is -2.58. The molecule has 2 fully saturated rings. The molecule has 2 heteroatoms. The number of fused-ring (bicyclic) bond motifs is 5. The van der Waals surface area contributed by atoms with Gasteiger partial charge in [-0.1, -0.05) is 37.6 Å². The second-order valence-electron chi connectivity index (χ2n) is 9.91. The van der Waals surface area contributed by atoms with Crippen molar-refractivity contribution >= 4 is 5.57 Å². The first-order valence-electron chi connectivity index (χ1n) is 10.9. The van der Waals surface area contributed by atoms with Gasteiger partial charge in [-0.2, -0.15) is 0 Å². The quantitative estimate of drug-likeness (QED) is 0.596. The molecular weight excluding hydrogens is 330 g/mol. The Hall–Kier alpha value is -1.41. The van der Waals surface area contributed by atoms with Crippen LogP contribution in [0.15, 0.2) is 42.3 Å². The van der Waals surface area contributed by atoms with Crippen molar-refractivity contribution in [1.82, 2.24) is 4.98 Å². The van der Waals surface area contributed by atoms with Gasteiger partial charge >= 0.3 is 0 Å². The minimum atomic E-state index is 0.329. The molecule has 0 spiro atoms. The van der Waals surface area contributed by atoms with Crippen LogP contribution in [0.5, 0.6) is 0 Å². The van der Waals surface area contributed by atoms with E-state index in [0.29, 0.717) is 16.9 Å². The Morgan fingerprint density at radius 2 is 1.89 bits per heavy atom. The molecule has 0 radical (unpaired) electrons. The number of nitrogens with zero attached hydrogens (tertiary/aromatic N) is 1. The van der Waals surface area contributed by atoms with E-state index in [-0.39, 0.29) is 0 Å². The molecule has 4 aliphatic rings. The van der Waals surface area contributed by atoms with E-state index in [4.69, 9.17) is 4.74 Å². The van der Waals surface area contributed by atoms with E-state index in [1.807, 2.05) is 13.3 Å². The molecule has 0 N–H and O–H groups in total. The van der Waals surface area contributed by atoms with Crippen LogP contribution in [0.2, 0.25) is 0 Å². The molecule has 2 saturated carbocycles. The summed E-state index contributed by atoms with van der Waals surface area (Å²) in [4.78, 5) is 4.40. The molecule has 0 aromatic carbocycles. The summed E-state index contributed by atoms with van der Waals surface area (Å²) in [5.74, 6) is 2.48. The maximum absolute atomic E-state index is 5.71. The number of aromatic nitrogens is 1. The van der Waals surface area contributed by atoms with Crippen LogP contribution in [-0.2, 0) is 4.74 Å². The van der Waals surface area contributed by atoms with Gasteiger partial charge in [0, 0.05) is 19.5 Å². The Kier molecular flexibility index (Phi) is 4.13. The zero-order chi connectivity index (χ0) is 18.6. The molecule has 5 rings (SSSR count). The number of pyridine rings is 1. The summed E-state index contributed by atoms with van der Waals surface area (Å²) in [6, 6.07) is 4.34. The average Bonchev–Trinajstić information content (AvgIpc) is 3.05. The van der Waals surface area contributed by atoms with E-state index >= 15 is 0 Å². The van der Waals surface area contributed by atoms with Crippen molar-refractivity contribution in [3.8, 4) is 0 Å². The topological polar surface area (TPSA) is 22.1 Å². The maximum Gasteiger partial charge on any atom is 0.0608 e. The van der Waals surface area contributed by atoms with E-state index in [1.54, 1.807) is 11.1 Å². The van der Waals surface area contributed by atoms with Gasteiger partial charge in [0.05, 0.1) is 6.10 Å². The second kappa shape index (κ2) is 6.30.